The highest BCUT2D eigenvalue weighted by atomic mass is 19.1. The SMILES string of the molecule is COC(=O)C(Nc1ccc(C)cc1)c1cc(F)ccc1F. The zero-order valence-corrected chi connectivity index (χ0v) is 11.7. The lowest BCUT2D eigenvalue weighted by atomic mass is 10.1. The van der Waals surface area contributed by atoms with E-state index in [0.29, 0.717) is 5.69 Å². The lowest BCUT2D eigenvalue weighted by molar-refractivity contribution is -0.141. The summed E-state index contributed by atoms with van der Waals surface area (Å²) in [4.78, 5) is 11.9. The van der Waals surface area contributed by atoms with Gasteiger partial charge in [-0.25, -0.2) is 13.6 Å². The number of rotatable bonds is 4. The molecule has 0 radical (unpaired) electrons. The van der Waals surface area contributed by atoms with Gasteiger partial charge in [0.25, 0.3) is 0 Å². The van der Waals surface area contributed by atoms with Crippen molar-refractivity contribution in [1.82, 2.24) is 0 Å². The van der Waals surface area contributed by atoms with Crippen molar-refractivity contribution in [3.63, 3.8) is 0 Å². The third kappa shape index (κ3) is 3.56. The van der Waals surface area contributed by atoms with Crippen molar-refractivity contribution < 1.29 is 18.3 Å². The zero-order valence-electron chi connectivity index (χ0n) is 11.7. The summed E-state index contributed by atoms with van der Waals surface area (Å²) in [6, 6.07) is 9.05. The molecule has 0 aromatic heterocycles. The van der Waals surface area contributed by atoms with Gasteiger partial charge in [-0.1, -0.05) is 17.7 Å². The number of benzene rings is 2. The van der Waals surface area contributed by atoms with E-state index < -0.39 is 23.6 Å². The highest BCUT2D eigenvalue weighted by Gasteiger charge is 2.25. The van der Waals surface area contributed by atoms with Crippen molar-refractivity contribution in [2.75, 3.05) is 12.4 Å². The molecule has 110 valence electrons. The van der Waals surface area contributed by atoms with Crippen LogP contribution in [0.2, 0.25) is 0 Å². The quantitative estimate of drug-likeness (QED) is 0.875. The van der Waals surface area contributed by atoms with Crippen molar-refractivity contribution >= 4 is 11.7 Å². The van der Waals surface area contributed by atoms with Gasteiger partial charge in [0.1, 0.15) is 11.6 Å². The first-order valence-electron chi connectivity index (χ1n) is 6.37. The molecule has 0 saturated carbocycles. The van der Waals surface area contributed by atoms with E-state index in [1.807, 2.05) is 19.1 Å². The zero-order chi connectivity index (χ0) is 15.4. The minimum absolute atomic E-state index is 0.0950. The number of halogens is 2. The predicted molar refractivity (Wildman–Crippen MR) is 75.9 cm³/mol. The summed E-state index contributed by atoms with van der Waals surface area (Å²) in [6.07, 6.45) is 0. The van der Waals surface area contributed by atoms with Crippen LogP contribution < -0.4 is 5.32 Å². The van der Waals surface area contributed by atoms with E-state index in [-0.39, 0.29) is 5.56 Å². The average Bonchev–Trinajstić information content (AvgIpc) is 2.48. The van der Waals surface area contributed by atoms with E-state index in [1.165, 1.54) is 7.11 Å². The third-order valence-electron chi connectivity index (χ3n) is 3.07. The third-order valence-corrected chi connectivity index (χ3v) is 3.07. The van der Waals surface area contributed by atoms with Crippen LogP contribution in [0.25, 0.3) is 0 Å². The standard InChI is InChI=1S/C16H15F2NO2/c1-10-3-6-12(7-4-10)19-15(16(20)21-2)13-9-11(17)5-8-14(13)18/h3-9,15,19H,1-2H3. The molecule has 0 heterocycles. The number of carbonyl (C=O) groups is 1. The van der Waals surface area contributed by atoms with Crippen LogP contribution in [0.5, 0.6) is 0 Å². The summed E-state index contributed by atoms with van der Waals surface area (Å²) in [7, 11) is 1.20. The summed E-state index contributed by atoms with van der Waals surface area (Å²) in [6.45, 7) is 1.92. The van der Waals surface area contributed by atoms with Crippen LogP contribution >= 0.6 is 0 Å². The molecule has 0 aliphatic carbocycles. The van der Waals surface area contributed by atoms with Crippen LogP contribution in [0.1, 0.15) is 17.2 Å². The molecule has 0 amide bonds. The van der Waals surface area contributed by atoms with Gasteiger partial charge in [0, 0.05) is 11.3 Å². The van der Waals surface area contributed by atoms with Crippen molar-refractivity contribution in [1.29, 1.82) is 0 Å². The first-order valence-corrected chi connectivity index (χ1v) is 6.37. The van der Waals surface area contributed by atoms with Crippen LogP contribution in [-0.2, 0) is 9.53 Å². The summed E-state index contributed by atoms with van der Waals surface area (Å²) in [5, 5.41) is 2.86. The van der Waals surface area contributed by atoms with E-state index in [4.69, 9.17) is 0 Å². The number of esters is 1. The van der Waals surface area contributed by atoms with Gasteiger partial charge in [0.05, 0.1) is 7.11 Å². The normalized spacial score (nSPS) is 11.8. The molecular weight excluding hydrogens is 276 g/mol. The Morgan fingerprint density at radius 1 is 1.14 bits per heavy atom. The maximum absolute atomic E-state index is 13.9. The van der Waals surface area contributed by atoms with Gasteiger partial charge in [-0.15, -0.1) is 0 Å². The molecule has 0 aliphatic heterocycles. The Balaban J connectivity index is 2.36. The smallest absolute Gasteiger partial charge is 0.333 e. The fourth-order valence-corrected chi connectivity index (χ4v) is 1.93. The number of hydrogen-bond acceptors (Lipinski definition) is 3. The number of hydrogen-bond donors (Lipinski definition) is 1. The van der Waals surface area contributed by atoms with E-state index >= 15 is 0 Å². The van der Waals surface area contributed by atoms with Gasteiger partial charge in [-0.3, -0.25) is 0 Å². The van der Waals surface area contributed by atoms with Crippen molar-refractivity contribution in [3.8, 4) is 0 Å². The molecule has 3 nitrogen and oxygen atoms in total. The molecule has 2 aromatic carbocycles. The molecular formula is C16H15F2NO2. The molecule has 2 aromatic rings. The van der Waals surface area contributed by atoms with Crippen LogP contribution in [0.4, 0.5) is 14.5 Å². The van der Waals surface area contributed by atoms with Gasteiger partial charge < -0.3 is 10.1 Å². The largest absolute Gasteiger partial charge is 0.467 e. The Morgan fingerprint density at radius 2 is 1.81 bits per heavy atom. The van der Waals surface area contributed by atoms with Crippen molar-refractivity contribution in [2.45, 2.75) is 13.0 Å². The molecule has 0 aliphatic rings. The van der Waals surface area contributed by atoms with Gasteiger partial charge in [0.2, 0.25) is 0 Å². The topological polar surface area (TPSA) is 38.3 Å². The highest BCUT2D eigenvalue weighted by Crippen LogP contribution is 2.24. The molecule has 2 rings (SSSR count). The van der Waals surface area contributed by atoms with Crippen LogP contribution in [0.3, 0.4) is 0 Å². The molecule has 1 N–H and O–H groups in total. The van der Waals surface area contributed by atoms with Gasteiger partial charge in [0.15, 0.2) is 6.04 Å². The summed E-state index contributed by atoms with van der Waals surface area (Å²) in [5.41, 5.74) is 1.56. The van der Waals surface area contributed by atoms with E-state index in [1.54, 1.807) is 12.1 Å². The Labute approximate surface area is 121 Å². The van der Waals surface area contributed by atoms with Crippen molar-refractivity contribution in [3.05, 3.63) is 65.2 Å². The molecule has 1 atom stereocenters. The molecule has 5 heteroatoms. The minimum atomic E-state index is -1.12. The van der Waals surface area contributed by atoms with Crippen LogP contribution in [-0.4, -0.2) is 13.1 Å². The van der Waals surface area contributed by atoms with E-state index in [2.05, 4.69) is 10.1 Å². The second-order valence-corrected chi connectivity index (χ2v) is 4.63. The molecule has 21 heavy (non-hydrogen) atoms. The van der Waals surface area contributed by atoms with E-state index in [0.717, 1.165) is 23.8 Å². The number of anilines is 1. The molecule has 0 bridgehead atoms. The van der Waals surface area contributed by atoms with E-state index in [9.17, 15) is 13.6 Å². The first kappa shape index (κ1) is 15.0. The molecule has 0 spiro atoms. The lowest BCUT2D eigenvalue weighted by Crippen LogP contribution is -2.23. The summed E-state index contributed by atoms with van der Waals surface area (Å²) >= 11 is 0. The maximum atomic E-state index is 13.9. The molecule has 1 unspecified atom stereocenters. The Hall–Kier alpha value is -2.43. The van der Waals surface area contributed by atoms with Gasteiger partial charge >= 0.3 is 5.97 Å². The predicted octanol–water partition coefficient (Wildman–Crippen LogP) is 3.60. The van der Waals surface area contributed by atoms with Gasteiger partial charge in [-0.05, 0) is 37.3 Å². The number of nitrogens with one attached hydrogen (secondary N) is 1. The second kappa shape index (κ2) is 6.35. The maximum Gasteiger partial charge on any atom is 0.333 e. The minimum Gasteiger partial charge on any atom is -0.467 e. The Kier molecular flexibility index (Phi) is 4.52. The summed E-state index contributed by atoms with van der Waals surface area (Å²) < 4.78 is 31.9. The summed E-state index contributed by atoms with van der Waals surface area (Å²) in [5.74, 6) is -1.99. The number of carbonyl (C=O) groups excluding carboxylic acids is 1. The Morgan fingerprint density at radius 3 is 2.43 bits per heavy atom. The van der Waals surface area contributed by atoms with Crippen LogP contribution in [0.15, 0.2) is 42.5 Å². The highest BCUT2D eigenvalue weighted by molar-refractivity contribution is 5.81. The lowest BCUT2D eigenvalue weighted by Gasteiger charge is -2.19. The molecule has 0 fully saturated rings. The van der Waals surface area contributed by atoms with Crippen molar-refractivity contribution in [2.24, 2.45) is 0 Å². The number of methoxy groups -OCH3 is 1. The second-order valence-electron chi connectivity index (χ2n) is 4.63. The number of ether oxygens (including phenoxy) is 1. The Bertz CT molecular complexity index is 641. The van der Waals surface area contributed by atoms with Crippen LogP contribution in [0, 0.1) is 18.6 Å². The molecule has 0 saturated heterocycles. The monoisotopic (exact) mass is 291 g/mol. The first-order chi connectivity index (χ1) is 10.0. The average molecular weight is 291 g/mol. The van der Waals surface area contributed by atoms with Gasteiger partial charge in [-0.2, -0.15) is 0 Å². The number of aryl methyl sites for hydroxylation is 1. The fraction of sp³-hybridized carbons (Fsp3) is 0.188. The fourth-order valence-electron chi connectivity index (χ4n) is 1.93.